The standard InChI is InChI=1S/C23H28N4O4S/c1-2-27-21(29)20(32-22(27)19(13-24)23(30)31)14-25-18-5-3-16(4-6-18)7-10-26-11-8-17(15-28)9-12-26/h3-6,14,17,25,28H,2,7-12,15H2,1H3,(H,30,31)/b20-14+,22-19-. The van der Waals surface area contributed by atoms with E-state index in [-0.39, 0.29) is 23.4 Å². The number of nitrogens with one attached hydrogen (secondary N) is 1. The monoisotopic (exact) mass is 456 g/mol. The maximum atomic E-state index is 12.6. The van der Waals surface area contributed by atoms with Gasteiger partial charge in [-0.1, -0.05) is 12.1 Å². The van der Waals surface area contributed by atoms with E-state index in [1.807, 2.05) is 24.3 Å². The molecule has 0 amide bonds. The van der Waals surface area contributed by atoms with E-state index >= 15 is 0 Å². The van der Waals surface area contributed by atoms with E-state index in [0.29, 0.717) is 10.5 Å². The van der Waals surface area contributed by atoms with E-state index in [1.165, 1.54) is 10.1 Å². The minimum Gasteiger partial charge on any atom is -0.477 e. The van der Waals surface area contributed by atoms with Gasteiger partial charge in [-0.25, -0.2) is 4.79 Å². The number of nitriles is 1. The molecule has 32 heavy (non-hydrogen) atoms. The van der Waals surface area contributed by atoms with Crippen LogP contribution in [0.5, 0.6) is 0 Å². The van der Waals surface area contributed by atoms with Gasteiger partial charge in [-0.3, -0.25) is 9.36 Å². The van der Waals surface area contributed by atoms with E-state index in [1.54, 1.807) is 19.2 Å². The summed E-state index contributed by atoms with van der Waals surface area (Å²) < 4.78 is 1.79. The molecule has 0 saturated carbocycles. The number of anilines is 1. The predicted octanol–water partition coefficient (Wildman–Crippen LogP) is 0.785. The number of thiazole rings is 1. The van der Waals surface area contributed by atoms with Crippen LogP contribution < -0.4 is 20.1 Å². The summed E-state index contributed by atoms with van der Waals surface area (Å²) in [6, 6.07) is 9.66. The Labute approximate surface area is 190 Å². The summed E-state index contributed by atoms with van der Waals surface area (Å²) in [4.78, 5) is 26.3. The van der Waals surface area contributed by atoms with Crippen LogP contribution in [-0.2, 0) is 17.8 Å². The van der Waals surface area contributed by atoms with Crippen LogP contribution >= 0.6 is 11.3 Å². The van der Waals surface area contributed by atoms with E-state index in [9.17, 15) is 19.8 Å². The number of carboxylic acid groups (broad SMARTS) is 1. The molecule has 170 valence electrons. The van der Waals surface area contributed by atoms with Gasteiger partial charge in [0, 0.05) is 31.6 Å². The molecule has 1 fully saturated rings. The Morgan fingerprint density at radius 2 is 2.00 bits per heavy atom. The molecule has 1 aliphatic rings. The van der Waals surface area contributed by atoms with Gasteiger partial charge in [-0.2, -0.15) is 5.26 Å². The van der Waals surface area contributed by atoms with Crippen molar-refractivity contribution in [1.29, 1.82) is 5.26 Å². The number of carboxylic acids is 1. The zero-order chi connectivity index (χ0) is 23.1. The van der Waals surface area contributed by atoms with Gasteiger partial charge in [0.25, 0.3) is 5.56 Å². The summed E-state index contributed by atoms with van der Waals surface area (Å²) in [6.07, 6.45) is 4.62. The number of benzene rings is 1. The quantitative estimate of drug-likeness (QED) is 0.537. The van der Waals surface area contributed by atoms with Crippen LogP contribution in [0.3, 0.4) is 0 Å². The van der Waals surface area contributed by atoms with Gasteiger partial charge < -0.3 is 20.4 Å². The number of likely N-dealkylation sites (tertiary alicyclic amines) is 1. The summed E-state index contributed by atoms with van der Waals surface area (Å²) >= 11 is 0.991. The molecule has 1 aromatic carbocycles. The van der Waals surface area contributed by atoms with E-state index < -0.39 is 11.5 Å². The molecule has 8 nitrogen and oxygen atoms in total. The first kappa shape index (κ1) is 23.7. The summed E-state index contributed by atoms with van der Waals surface area (Å²) in [6.45, 7) is 5.36. The summed E-state index contributed by atoms with van der Waals surface area (Å²) in [7, 11) is 0. The Bertz CT molecular complexity index is 1150. The van der Waals surface area contributed by atoms with Crippen molar-refractivity contribution >= 4 is 34.8 Å². The highest BCUT2D eigenvalue weighted by atomic mass is 32.1. The molecular weight excluding hydrogens is 428 g/mol. The lowest BCUT2D eigenvalue weighted by atomic mass is 9.97. The number of aliphatic carboxylic acids is 1. The van der Waals surface area contributed by atoms with E-state index in [4.69, 9.17) is 5.26 Å². The van der Waals surface area contributed by atoms with Gasteiger partial charge in [0.15, 0.2) is 5.57 Å². The Kier molecular flexibility index (Phi) is 8.22. The fourth-order valence-corrected chi connectivity index (χ4v) is 4.86. The van der Waals surface area contributed by atoms with Crippen molar-refractivity contribution in [3.8, 4) is 6.07 Å². The second-order valence-corrected chi connectivity index (χ2v) is 8.85. The van der Waals surface area contributed by atoms with Crippen molar-refractivity contribution < 1.29 is 15.0 Å². The number of hydrogen-bond acceptors (Lipinski definition) is 7. The SMILES string of the molecule is CCn1c(=O)/c(=C\Nc2ccc(CCN3CCC(CO)CC3)cc2)s/c1=C(/C#N)C(=O)O. The molecule has 0 aliphatic carbocycles. The number of nitrogens with zero attached hydrogens (tertiary/aromatic N) is 3. The fourth-order valence-electron chi connectivity index (χ4n) is 3.78. The van der Waals surface area contributed by atoms with E-state index in [2.05, 4.69) is 10.2 Å². The highest BCUT2D eigenvalue weighted by Crippen LogP contribution is 2.17. The van der Waals surface area contributed by atoms with E-state index in [0.717, 1.165) is 55.9 Å². The lowest BCUT2D eigenvalue weighted by molar-refractivity contribution is -0.130. The maximum absolute atomic E-state index is 12.6. The molecule has 1 aliphatic heterocycles. The topological polar surface area (TPSA) is 119 Å². The van der Waals surface area contributed by atoms with Gasteiger partial charge in [-0.15, -0.1) is 11.3 Å². The average molecular weight is 457 g/mol. The first-order valence-corrected chi connectivity index (χ1v) is 11.5. The van der Waals surface area contributed by atoms with Gasteiger partial charge in [0.05, 0.1) is 0 Å². The molecule has 3 N–H and O–H groups in total. The number of rotatable bonds is 8. The highest BCUT2D eigenvalue weighted by Gasteiger charge is 2.18. The van der Waals surface area contributed by atoms with Gasteiger partial charge >= 0.3 is 5.97 Å². The second kappa shape index (κ2) is 11.1. The minimum absolute atomic E-state index is 0.152. The van der Waals surface area contributed by atoms with Crippen molar-refractivity contribution in [2.75, 3.05) is 31.6 Å². The second-order valence-electron chi connectivity index (χ2n) is 7.82. The number of carbonyl (C=O) groups is 1. The first-order chi connectivity index (χ1) is 15.5. The molecule has 0 bridgehead atoms. The maximum Gasteiger partial charge on any atom is 0.349 e. The predicted molar refractivity (Wildman–Crippen MR) is 125 cm³/mol. The third-order valence-corrected chi connectivity index (χ3v) is 6.90. The summed E-state index contributed by atoms with van der Waals surface area (Å²) in [5.41, 5.74) is 1.29. The molecule has 3 rings (SSSR count). The molecule has 2 heterocycles. The summed E-state index contributed by atoms with van der Waals surface area (Å²) in [5.74, 6) is -0.897. The molecule has 1 aromatic heterocycles. The number of aliphatic hydroxyl groups is 1. The Balaban J connectivity index is 1.68. The van der Waals surface area contributed by atoms with Gasteiger partial charge in [0.1, 0.15) is 15.3 Å². The van der Waals surface area contributed by atoms with Crippen LogP contribution in [0, 0.1) is 17.2 Å². The van der Waals surface area contributed by atoms with Crippen LogP contribution in [0.4, 0.5) is 5.69 Å². The zero-order valence-electron chi connectivity index (χ0n) is 18.1. The highest BCUT2D eigenvalue weighted by molar-refractivity contribution is 7.07. The Morgan fingerprint density at radius 3 is 2.56 bits per heavy atom. The van der Waals surface area contributed by atoms with Crippen LogP contribution in [-0.4, -0.2) is 51.9 Å². The third-order valence-electron chi connectivity index (χ3n) is 5.77. The van der Waals surface area contributed by atoms with Crippen LogP contribution in [0.2, 0.25) is 0 Å². The molecule has 0 spiro atoms. The molecule has 0 unspecified atom stereocenters. The normalized spacial score (nSPS) is 16.6. The molecular formula is C23H28N4O4S. The number of piperidine rings is 1. The third kappa shape index (κ3) is 5.65. The molecule has 0 radical (unpaired) electrons. The van der Waals surface area contributed by atoms with Crippen molar-refractivity contribution in [2.45, 2.75) is 32.7 Å². The first-order valence-electron chi connectivity index (χ1n) is 10.7. The van der Waals surface area contributed by atoms with Crippen molar-refractivity contribution in [3.05, 3.63) is 49.4 Å². The number of hydrogen-bond donors (Lipinski definition) is 3. The summed E-state index contributed by atoms with van der Waals surface area (Å²) in [5, 5.41) is 30.7. The largest absolute Gasteiger partial charge is 0.477 e. The average Bonchev–Trinajstić information content (AvgIpc) is 3.12. The van der Waals surface area contributed by atoms with Crippen LogP contribution in [0.25, 0.3) is 11.8 Å². The molecule has 2 aromatic rings. The number of aliphatic hydroxyl groups excluding tert-OH is 1. The van der Waals surface area contributed by atoms with Gasteiger partial charge in [0.2, 0.25) is 0 Å². The molecule has 9 heteroatoms. The van der Waals surface area contributed by atoms with Crippen LogP contribution in [0.1, 0.15) is 25.3 Å². The van der Waals surface area contributed by atoms with Crippen molar-refractivity contribution in [3.63, 3.8) is 0 Å². The number of aromatic nitrogens is 1. The van der Waals surface area contributed by atoms with Crippen molar-refractivity contribution in [1.82, 2.24) is 9.47 Å². The lowest BCUT2D eigenvalue weighted by Gasteiger charge is -2.31. The molecule has 1 saturated heterocycles. The fraction of sp³-hybridized carbons (Fsp3) is 0.435. The van der Waals surface area contributed by atoms with Crippen molar-refractivity contribution in [2.24, 2.45) is 5.92 Å². The van der Waals surface area contributed by atoms with Gasteiger partial charge in [-0.05, 0) is 62.9 Å². The lowest BCUT2D eigenvalue weighted by Crippen LogP contribution is -2.36. The Hall–Kier alpha value is -2.93. The molecule has 0 atom stereocenters. The smallest absolute Gasteiger partial charge is 0.349 e. The van der Waals surface area contributed by atoms with Crippen LogP contribution in [0.15, 0.2) is 29.1 Å². The Morgan fingerprint density at radius 1 is 1.31 bits per heavy atom. The minimum atomic E-state index is -1.34. The zero-order valence-corrected chi connectivity index (χ0v) is 18.9.